The molecule has 2 aromatic rings. The van der Waals surface area contributed by atoms with Crippen molar-refractivity contribution in [2.24, 2.45) is 0 Å². The first-order chi connectivity index (χ1) is 12.8. The largest absolute Gasteiger partial charge is 0.507 e. The normalized spacial score (nSPS) is 13.2. The molecule has 2 aromatic carbocycles. The standard InChI is InChI=1S/C23H27NO3S/c1-22(2,3)18-14-16(15-19(21(18)25)23(4,5)6)20(12-13-24)28(26,27)17-10-8-7-9-11-17/h7-12,14-15,25H,1-6H3/b20-12-. The molecule has 0 aromatic heterocycles. The van der Waals surface area contributed by atoms with Crippen molar-refractivity contribution in [3.8, 4) is 11.8 Å². The van der Waals surface area contributed by atoms with Crippen LogP contribution in [0.5, 0.6) is 5.75 Å². The van der Waals surface area contributed by atoms with E-state index >= 15 is 0 Å². The van der Waals surface area contributed by atoms with E-state index in [1.54, 1.807) is 30.3 Å². The van der Waals surface area contributed by atoms with Gasteiger partial charge in [-0.3, -0.25) is 0 Å². The Morgan fingerprint density at radius 3 is 1.82 bits per heavy atom. The molecular formula is C23H27NO3S. The van der Waals surface area contributed by atoms with Crippen LogP contribution in [0.3, 0.4) is 0 Å². The van der Waals surface area contributed by atoms with Gasteiger partial charge in [-0.15, -0.1) is 0 Å². The number of rotatable bonds is 3. The Morgan fingerprint density at radius 1 is 0.964 bits per heavy atom. The molecule has 5 heteroatoms. The second kappa shape index (κ2) is 7.44. The molecule has 0 aliphatic rings. The summed E-state index contributed by atoms with van der Waals surface area (Å²) >= 11 is 0. The minimum Gasteiger partial charge on any atom is -0.507 e. The summed E-state index contributed by atoms with van der Waals surface area (Å²) < 4.78 is 26.5. The quantitative estimate of drug-likeness (QED) is 0.711. The van der Waals surface area contributed by atoms with Gasteiger partial charge < -0.3 is 5.11 Å². The predicted octanol–water partition coefficient (Wildman–Crippen LogP) is 5.33. The highest BCUT2D eigenvalue weighted by Crippen LogP contribution is 2.42. The van der Waals surface area contributed by atoms with Crippen molar-refractivity contribution in [2.45, 2.75) is 57.3 Å². The van der Waals surface area contributed by atoms with E-state index in [1.165, 1.54) is 12.1 Å². The van der Waals surface area contributed by atoms with Gasteiger partial charge in [-0.2, -0.15) is 5.26 Å². The van der Waals surface area contributed by atoms with E-state index in [9.17, 15) is 18.8 Å². The molecule has 0 spiro atoms. The summed E-state index contributed by atoms with van der Waals surface area (Å²) in [7, 11) is -3.90. The topological polar surface area (TPSA) is 78.2 Å². The first kappa shape index (κ1) is 21.7. The van der Waals surface area contributed by atoms with Gasteiger partial charge >= 0.3 is 0 Å². The molecule has 0 unspecified atom stereocenters. The molecule has 1 N–H and O–H groups in total. The van der Waals surface area contributed by atoms with Crippen molar-refractivity contribution in [3.05, 3.63) is 65.2 Å². The third-order valence-corrected chi connectivity index (χ3v) is 6.37. The highest BCUT2D eigenvalue weighted by atomic mass is 32.2. The number of hydrogen-bond acceptors (Lipinski definition) is 4. The minimum atomic E-state index is -3.90. The van der Waals surface area contributed by atoms with Crippen molar-refractivity contribution in [2.75, 3.05) is 0 Å². The van der Waals surface area contributed by atoms with E-state index in [1.807, 2.05) is 47.6 Å². The molecule has 0 radical (unpaired) electrons. The van der Waals surface area contributed by atoms with Crippen LogP contribution in [0.4, 0.5) is 0 Å². The van der Waals surface area contributed by atoms with E-state index in [0.717, 1.165) is 6.08 Å². The summed E-state index contributed by atoms with van der Waals surface area (Å²) in [6, 6.07) is 13.3. The number of phenols is 1. The van der Waals surface area contributed by atoms with Crippen molar-refractivity contribution in [3.63, 3.8) is 0 Å². The first-order valence-electron chi connectivity index (χ1n) is 9.08. The number of sulfone groups is 1. The lowest BCUT2D eigenvalue weighted by molar-refractivity contribution is 0.423. The van der Waals surface area contributed by atoms with Crippen molar-refractivity contribution >= 4 is 14.7 Å². The van der Waals surface area contributed by atoms with Crippen LogP contribution >= 0.6 is 0 Å². The van der Waals surface area contributed by atoms with Crippen molar-refractivity contribution < 1.29 is 13.5 Å². The highest BCUT2D eigenvalue weighted by molar-refractivity contribution is 8.00. The van der Waals surface area contributed by atoms with Gasteiger partial charge in [0.15, 0.2) is 0 Å². The lowest BCUT2D eigenvalue weighted by atomic mass is 9.78. The summed E-state index contributed by atoms with van der Waals surface area (Å²) in [5, 5.41) is 20.2. The fourth-order valence-corrected chi connectivity index (χ4v) is 4.43. The second-order valence-corrected chi connectivity index (χ2v) is 10.8. The maximum absolute atomic E-state index is 13.2. The Bertz CT molecular complexity index is 1010. The molecule has 148 valence electrons. The summed E-state index contributed by atoms with van der Waals surface area (Å²) in [5.74, 6) is 0.164. The molecule has 0 aliphatic heterocycles. The summed E-state index contributed by atoms with van der Waals surface area (Å²) in [6.45, 7) is 11.7. The smallest absolute Gasteiger partial charge is 0.207 e. The van der Waals surface area contributed by atoms with Gasteiger partial charge in [0.05, 0.1) is 15.9 Å². The Labute approximate surface area is 168 Å². The molecule has 4 nitrogen and oxygen atoms in total. The zero-order valence-electron chi connectivity index (χ0n) is 17.2. The average molecular weight is 398 g/mol. The van der Waals surface area contributed by atoms with E-state index in [-0.39, 0.29) is 15.6 Å². The number of nitriles is 1. The van der Waals surface area contributed by atoms with E-state index in [4.69, 9.17) is 0 Å². The summed E-state index contributed by atoms with van der Waals surface area (Å²) in [6.07, 6.45) is 1.06. The summed E-state index contributed by atoms with van der Waals surface area (Å²) in [5.41, 5.74) is 0.866. The van der Waals surface area contributed by atoms with Crippen LogP contribution in [-0.4, -0.2) is 13.5 Å². The summed E-state index contributed by atoms with van der Waals surface area (Å²) in [4.78, 5) is 0.0522. The second-order valence-electron chi connectivity index (χ2n) is 8.87. The van der Waals surface area contributed by atoms with Crippen LogP contribution in [0.15, 0.2) is 53.4 Å². The monoisotopic (exact) mass is 397 g/mol. The van der Waals surface area contributed by atoms with Gasteiger partial charge in [-0.25, -0.2) is 8.42 Å². The van der Waals surface area contributed by atoms with Crippen molar-refractivity contribution in [1.29, 1.82) is 5.26 Å². The molecule has 0 fully saturated rings. The number of aromatic hydroxyl groups is 1. The Kier molecular flexibility index (Phi) is 5.77. The third-order valence-electron chi connectivity index (χ3n) is 4.55. The van der Waals surface area contributed by atoms with Crippen LogP contribution in [0.1, 0.15) is 58.2 Å². The molecule has 0 heterocycles. The Hall–Kier alpha value is -2.58. The van der Waals surface area contributed by atoms with E-state index in [0.29, 0.717) is 16.7 Å². The van der Waals surface area contributed by atoms with Crippen molar-refractivity contribution in [1.82, 2.24) is 0 Å². The first-order valence-corrected chi connectivity index (χ1v) is 10.6. The molecule has 2 rings (SSSR count). The number of allylic oxidation sites excluding steroid dienone is 1. The van der Waals surface area contributed by atoms with Crippen LogP contribution in [-0.2, 0) is 20.7 Å². The molecule has 0 amide bonds. The van der Waals surface area contributed by atoms with Crippen LogP contribution in [0.2, 0.25) is 0 Å². The van der Waals surface area contributed by atoms with E-state index < -0.39 is 20.7 Å². The van der Waals surface area contributed by atoms with Gasteiger partial charge in [0, 0.05) is 17.2 Å². The number of benzene rings is 2. The zero-order valence-corrected chi connectivity index (χ0v) is 18.1. The van der Waals surface area contributed by atoms with Gasteiger partial charge in [-0.1, -0.05) is 59.7 Å². The van der Waals surface area contributed by atoms with Crippen LogP contribution in [0, 0.1) is 11.3 Å². The Balaban J connectivity index is 2.87. The number of phenolic OH excluding ortho intramolecular Hbond substituents is 1. The number of nitrogens with zero attached hydrogens (tertiary/aromatic N) is 1. The van der Waals surface area contributed by atoms with Crippen LogP contribution in [0.25, 0.3) is 4.91 Å². The third kappa shape index (κ3) is 4.28. The molecule has 0 atom stereocenters. The average Bonchev–Trinajstić information content (AvgIpc) is 2.58. The lowest BCUT2D eigenvalue weighted by Crippen LogP contribution is -2.18. The molecule has 0 aliphatic carbocycles. The molecule has 0 bridgehead atoms. The van der Waals surface area contributed by atoms with E-state index in [2.05, 4.69) is 0 Å². The maximum Gasteiger partial charge on any atom is 0.207 e. The van der Waals surface area contributed by atoms with Crippen LogP contribution < -0.4 is 0 Å². The van der Waals surface area contributed by atoms with Gasteiger partial charge in [0.2, 0.25) is 9.84 Å². The van der Waals surface area contributed by atoms with Gasteiger partial charge in [0.1, 0.15) is 5.75 Å². The molecular weight excluding hydrogens is 370 g/mol. The highest BCUT2D eigenvalue weighted by Gasteiger charge is 2.30. The maximum atomic E-state index is 13.2. The van der Waals surface area contributed by atoms with Gasteiger partial charge in [0.25, 0.3) is 0 Å². The van der Waals surface area contributed by atoms with Gasteiger partial charge in [-0.05, 0) is 40.7 Å². The zero-order chi connectivity index (χ0) is 21.3. The molecule has 0 saturated heterocycles. The fraction of sp³-hybridized carbons (Fsp3) is 0.348. The minimum absolute atomic E-state index is 0.0720. The molecule has 0 saturated carbocycles. The SMILES string of the molecule is CC(C)(C)c1cc(/C(=C/C#N)S(=O)(=O)c2ccccc2)cc(C(C)(C)C)c1O. The lowest BCUT2D eigenvalue weighted by Gasteiger charge is -2.28. The number of hydrogen-bond donors (Lipinski definition) is 1. The predicted molar refractivity (Wildman–Crippen MR) is 113 cm³/mol. The fourth-order valence-electron chi connectivity index (χ4n) is 3.02. The molecule has 28 heavy (non-hydrogen) atoms. The Morgan fingerprint density at radius 2 is 1.43 bits per heavy atom.